The minimum atomic E-state index is -0.454. The zero-order valence-corrected chi connectivity index (χ0v) is 12.3. The molecular formula is C13H13N5O2S. The summed E-state index contributed by atoms with van der Waals surface area (Å²) in [7, 11) is 0. The quantitative estimate of drug-likeness (QED) is 0.387. The van der Waals surface area contributed by atoms with Crippen molar-refractivity contribution < 1.29 is 4.92 Å². The standard InChI is InChI=1S/C13H13N5O2S/c1-7-8(2)16-17-13(11(7)12(14)15)21-10-6-4-3-5-9(10)18(19)20/h3-6H,1-2H3,(H3,14,15). The molecule has 0 amide bonds. The third kappa shape index (κ3) is 3.00. The fourth-order valence-corrected chi connectivity index (χ4v) is 2.82. The van der Waals surface area contributed by atoms with E-state index in [4.69, 9.17) is 11.1 Å². The molecule has 3 N–H and O–H groups in total. The van der Waals surface area contributed by atoms with Gasteiger partial charge in [0.25, 0.3) is 5.69 Å². The summed E-state index contributed by atoms with van der Waals surface area (Å²) in [4.78, 5) is 11.0. The van der Waals surface area contributed by atoms with Crippen LogP contribution in [0.3, 0.4) is 0 Å². The number of nitrogens with zero attached hydrogens (tertiary/aromatic N) is 3. The summed E-state index contributed by atoms with van der Waals surface area (Å²) in [5.41, 5.74) is 7.47. The van der Waals surface area contributed by atoms with E-state index in [1.165, 1.54) is 6.07 Å². The molecule has 0 aliphatic heterocycles. The van der Waals surface area contributed by atoms with Crippen molar-refractivity contribution in [3.8, 4) is 0 Å². The van der Waals surface area contributed by atoms with E-state index in [9.17, 15) is 10.1 Å². The zero-order chi connectivity index (χ0) is 15.6. The third-order valence-electron chi connectivity index (χ3n) is 2.96. The number of nitro benzene ring substituents is 1. The molecule has 7 nitrogen and oxygen atoms in total. The number of aromatic nitrogens is 2. The van der Waals surface area contributed by atoms with E-state index in [1.54, 1.807) is 32.0 Å². The SMILES string of the molecule is Cc1nnc(Sc2ccccc2[N+](=O)[O-])c(C(=N)N)c1C. The second-order valence-corrected chi connectivity index (χ2v) is 5.36. The third-order valence-corrected chi connectivity index (χ3v) is 4.00. The Morgan fingerprint density at radius 2 is 2.00 bits per heavy atom. The lowest BCUT2D eigenvalue weighted by molar-refractivity contribution is -0.387. The first kappa shape index (κ1) is 14.9. The van der Waals surface area contributed by atoms with Crippen molar-refractivity contribution in [2.45, 2.75) is 23.8 Å². The molecule has 2 aromatic rings. The van der Waals surface area contributed by atoms with E-state index < -0.39 is 4.92 Å². The lowest BCUT2D eigenvalue weighted by atomic mass is 10.1. The van der Waals surface area contributed by atoms with E-state index in [0.29, 0.717) is 21.2 Å². The first-order chi connectivity index (χ1) is 9.91. The van der Waals surface area contributed by atoms with Crippen LogP contribution >= 0.6 is 11.8 Å². The van der Waals surface area contributed by atoms with Crippen molar-refractivity contribution in [1.82, 2.24) is 10.2 Å². The van der Waals surface area contributed by atoms with Gasteiger partial charge in [0.2, 0.25) is 0 Å². The molecule has 0 fully saturated rings. The Labute approximate surface area is 125 Å². The van der Waals surface area contributed by atoms with Crippen LogP contribution < -0.4 is 5.73 Å². The number of hydrogen-bond acceptors (Lipinski definition) is 6. The van der Waals surface area contributed by atoms with E-state index in [2.05, 4.69) is 10.2 Å². The minimum absolute atomic E-state index is 0.0166. The maximum Gasteiger partial charge on any atom is 0.283 e. The number of nitrogens with two attached hydrogens (primary N) is 1. The highest BCUT2D eigenvalue weighted by Crippen LogP contribution is 2.35. The molecule has 0 unspecified atom stereocenters. The van der Waals surface area contributed by atoms with Gasteiger partial charge in [0, 0.05) is 6.07 Å². The fraction of sp³-hybridized carbons (Fsp3) is 0.154. The Hall–Kier alpha value is -2.48. The van der Waals surface area contributed by atoms with Crippen LogP contribution in [-0.4, -0.2) is 21.0 Å². The van der Waals surface area contributed by atoms with Gasteiger partial charge in [-0.15, -0.1) is 5.10 Å². The molecule has 0 saturated heterocycles. The Balaban J connectivity index is 2.53. The van der Waals surface area contributed by atoms with Crippen LogP contribution in [0.1, 0.15) is 16.8 Å². The molecule has 0 aliphatic carbocycles. The second-order valence-electron chi connectivity index (χ2n) is 4.33. The number of nitro groups is 1. The average Bonchev–Trinajstić information content (AvgIpc) is 2.43. The molecule has 108 valence electrons. The second kappa shape index (κ2) is 5.88. The van der Waals surface area contributed by atoms with Gasteiger partial charge in [-0.25, -0.2) is 0 Å². The van der Waals surface area contributed by atoms with Gasteiger partial charge >= 0.3 is 0 Å². The lowest BCUT2D eigenvalue weighted by Crippen LogP contribution is -2.16. The largest absolute Gasteiger partial charge is 0.384 e. The van der Waals surface area contributed by atoms with Crippen LogP contribution in [0.25, 0.3) is 0 Å². The molecule has 1 heterocycles. The number of nitrogens with one attached hydrogen (secondary N) is 1. The van der Waals surface area contributed by atoms with Crippen LogP contribution in [0.5, 0.6) is 0 Å². The number of nitrogen functional groups attached to an aromatic ring is 1. The summed E-state index contributed by atoms with van der Waals surface area (Å²) in [6, 6.07) is 6.35. The maximum absolute atomic E-state index is 11.0. The lowest BCUT2D eigenvalue weighted by Gasteiger charge is -2.11. The van der Waals surface area contributed by atoms with Crippen LogP contribution in [0.4, 0.5) is 5.69 Å². The summed E-state index contributed by atoms with van der Waals surface area (Å²) in [6.07, 6.45) is 0. The number of rotatable bonds is 4. The molecule has 1 aromatic carbocycles. The van der Waals surface area contributed by atoms with Gasteiger partial charge in [0.1, 0.15) is 10.9 Å². The minimum Gasteiger partial charge on any atom is -0.384 e. The van der Waals surface area contributed by atoms with E-state index in [0.717, 1.165) is 17.3 Å². The summed E-state index contributed by atoms with van der Waals surface area (Å²) < 4.78 is 0. The summed E-state index contributed by atoms with van der Waals surface area (Å²) in [5.74, 6) is -0.133. The van der Waals surface area contributed by atoms with Gasteiger partial charge in [-0.2, -0.15) is 5.10 Å². The molecule has 0 aliphatic rings. The topological polar surface area (TPSA) is 119 Å². The smallest absolute Gasteiger partial charge is 0.283 e. The molecule has 0 radical (unpaired) electrons. The highest BCUT2D eigenvalue weighted by atomic mass is 32.2. The number of hydrogen-bond donors (Lipinski definition) is 2. The molecule has 0 bridgehead atoms. The van der Waals surface area contributed by atoms with Crippen LogP contribution in [0.2, 0.25) is 0 Å². The van der Waals surface area contributed by atoms with Gasteiger partial charge in [-0.3, -0.25) is 15.5 Å². The van der Waals surface area contributed by atoms with Crippen molar-refractivity contribution in [2.24, 2.45) is 5.73 Å². The predicted octanol–water partition coefficient (Wildman–Crippen LogP) is 2.44. The zero-order valence-electron chi connectivity index (χ0n) is 11.5. The van der Waals surface area contributed by atoms with Crippen LogP contribution in [0.15, 0.2) is 34.2 Å². The van der Waals surface area contributed by atoms with Gasteiger partial charge in [0.15, 0.2) is 0 Å². The van der Waals surface area contributed by atoms with Crippen molar-refractivity contribution in [1.29, 1.82) is 5.41 Å². The fourth-order valence-electron chi connectivity index (χ4n) is 1.77. The number of aryl methyl sites for hydroxylation is 1. The molecule has 0 atom stereocenters. The van der Waals surface area contributed by atoms with E-state index in [1.807, 2.05) is 0 Å². The Morgan fingerprint density at radius 3 is 2.62 bits per heavy atom. The van der Waals surface area contributed by atoms with Gasteiger partial charge in [-0.05, 0) is 25.5 Å². The van der Waals surface area contributed by atoms with E-state index in [-0.39, 0.29) is 11.5 Å². The number of amidine groups is 1. The van der Waals surface area contributed by atoms with Crippen molar-refractivity contribution >= 4 is 23.3 Å². The highest BCUT2D eigenvalue weighted by molar-refractivity contribution is 7.99. The summed E-state index contributed by atoms with van der Waals surface area (Å²) in [5, 5.41) is 27.1. The molecule has 21 heavy (non-hydrogen) atoms. The van der Waals surface area contributed by atoms with Gasteiger partial charge in [-0.1, -0.05) is 23.9 Å². The van der Waals surface area contributed by atoms with Gasteiger partial charge in [0.05, 0.1) is 21.1 Å². The molecule has 1 aromatic heterocycles. The van der Waals surface area contributed by atoms with Gasteiger partial charge < -0.3 is 5.73 Å². The molecule has 8 heteroatoms. The highest BCUT2D eigenvalue weighted by Gasteiger charge is 2.19. The van der Waals surface area contributed by atoms with Crippen molar-refractivity contribution in [3.63, 3.8) is 0 Å². The van der Waals surface area contributed by atoms with E-state index >= 15 is 0 Å². The summed E-state index contributed by atoms with van der Waals surface area (Å²) >= 11 is 1.08. The Morgan fingerprint density at radius 1 is 1.33 bits per heavy atom. The molecule has 2 rings (SSSR count). The number of benzene rings is 1. The predicted molar refractivity (Wildman–Crippen MR) is 79.7 cm³/mol. The first-order valence-electron chi connectivity index (χ1n) is 6.01. The molecular weight excluding hydrogens is 290 g/mol. The average molecular weight is 303 g/mol. The summed E-state index contributed by atoms with van der Waals surface area (Å²) in [6.45, 7) is 3.57. The van der Waals surface area contributed by atoms with Crippen LogP contribution in [-0.2, 0) is 0 Å². The first-order valence-corrected chi connectivity index (χ1v) is 6.83. The maximum atomic E-state index is 11.0. The monoisotopic (exact) mass is 303 g/mol. The molecule has 0 spiro atoms. The normalized spacial score (nSPS) is 10.4. The Kier molecular flexibility index (Phi) is 4.18. The molecule has 0 saturated carbocycles. The van der Waals surface area contributed by atoms with Crippen molar-refractivity contribution in [3.05, 3.63) is 51.2 Å². The number of para-hydroxylation sites is 1. The Bertz CT molecular complexity index is 732. The van der Waals surface area contributed by atoms with Crippen LogP contribution in [0, 0.1) is 29.4 Å². The van der Waals surface area contributed by atoms with Crippen molar-refractivity contribution in [2.75, 3.05) is 0 Å².